The van der Waals surface area contributed by atoms with E-state index in [1.54, 1.807) is 25.3 Å². The van der Waals surface area contributed by atoms with Crippen LogP contribution in [0, 0.1) is 6.92 Å². The third-order valence-corrected chi connectivity index (χ3v) is 4.67. The zero-order valence-corrected chi connectivity index (χ0v) is 13.8. The van der Waals surface area contributed by atoms with E-state index in [4.69, 9.17) is 4.42 Å². The van der Waals surface area contributed by atoms with Crippen LogP contribution in [-0.4, -0.2) is 26.5 Å². The molecule has 24 heavy (non-hydrogen) atoms. The van der Waals surface area contributed by atoms with E-state index in [1.807, 2.05) is 12.1 Å². The number of aryl methyl sites for hydroxylation is 1. The van der Waals surface area contributed by atoms with Crippen LogP contribution in [0.25, 0.3) is 10.9 Å². The van der Waals surface area contributed by atoms with Crippen molar-refractivity contribution < 1.29 is 22.4 Å². The van der Waals surface area contributed by atoms with Gasteiger partial charge in [-0.2, -0.15) is 8.42 Å². The summed E-state index contributed by atoms with van der Waals surface area (Å²) in [5.74, 6) is -0.940. The molecule has 0 bridgehead atoms. The second-order valence-corrected chi connectivity index (χ2v) is 6.66. The van der Waals surface area contributed by atoms with E-state index >= 15 is 0 Å². The van der Waals surface area contributed by atoms with Crippen molar-refractivity contribution in [2.24, 2.45) is 0 Å². The maximum Gasteiger partial charge on any atom is 0.374 e. The number of aromatic nitrogens is 1. The largest absolute Gasteiger partial charge is 0.463 e. The number of esters is 1. The minimum atomic E-state index is -4.01. The molecular formula is C16H14N2O5S. The SMILES string of the molecule is COC(=O)c1ccc(S(=O)(=O)Nc2c(C)ccc3cccnc23)o1. The highest BCUT2D eigenvalue weighted by molar-refractivity contribution is 7.92. The fourth-order valence-corrected chi connectivity index (χ4v) is 3.31. The van der Waals surface area contributed by atoms with Crippen molar-refractivity contribution >= 4 is 32.6 Å². The normalized spacial score (nSPS) is 11.4. The lowest BCUT2D eigenvalue weighted by atomic mass is 10.1. The third-order valence-electron chi connectivity index (χ3n) is 3.45. The highest BCUT2D eigenvalue weighted by Gasteiger charge is 2.23. The minimum Gasteiger partial charge on any atom is -0.463 e. The van der Waals surface area contributed by atoms with Gasteiger partial charge in [-0.25, -0.2) is 4.79 Å². The Morgan fingerprint density at radius 2 is 2.00 bits per heavy atom. The number of carbonyl (C=O) groups excluding carboxylic acids is 1. The minimum absolute atomic E-state index is 0.189. The average Bonchev–Trinajstić information content (AvgIpc) is 3.08. The molecular weight excluding hydrogens is 332 g/mol. The number of ether oxygens (including phenoxy) is 1. The first-order chi connectivity index (χ1) is 11.4. The lowest BCUT2D eigenvalue weighted by Gasteiger charge is -2.11. The van der Waals surface area contributed by atoms with Gasteiger partial charge in [-0.3, -0.25) is 9.71 Å². The van der Waals surface area contributed by atoms with Crippen molar-refractivity contribution in [2.45, 2.75) is 12.0 Å². The molecule has 2 heterocycles. The smallest absolute Gasteiger partial charge is 0.374 e. The molecule has 0 radical (unpaired) electrons. The van der Waals surface area contributed by atoms with Crippen LogP contribution in [0.3, 0.4) is 0 Å². The summed E-state index contributed by atoms with van der Waals surface area (Å²) < 4.78 is 37.1. The first-order valence-electron chi connectivity index (χ1n) is 6.97. The molecule has 124 valence electrons. The van der Waals surface area contributed by atoms with Crippen molar-refractivity contribution in [3.8, 4) is 0 Å². The molecule has 8 heteroatoms. The van der Waals surface area contributed by atoms with E-state index < -0.39 is 16.0 Å². The Balaban J connectivity index is 2.03. The molecule has 1 N–H and O–H groups in total. The highest BCUT2D eigenvalue weighted by atomic mass is 32.2. The predicted octanol–water partition coefficient (Wildman–Crippen LogP) is 2.72. The molecule has 0 fully saturated rings. The summed E-state index contributed by atoms with van der Waals surface area (Å²) in [6, 6.07) is 9.70. The number of nitrogens with one attached hydrogen (secondary N) is 1. The summed E-state index contributed by atoms with van der Waals surface area (Å²) in [5, 5.41) is 0.422. The number of carbonyl (C=O) groups is 1. The second kappa shape index (κ2) is 5.97. The summed E-state index contributed by atoms with van der Waals surface area (Å²) in [5.41, 5.74) is 1.61. The monoisotopic (exact) mass is 346 g/mol. The van der Waals surface area contributed by atoms with Crippen LogP contribution in [0.5, 0.6) is 0 Å². The topological polar surface area (TPSA) is 98.5 Å². The molecule has 7 nitrogen and oxygen atoms in total. The quantitative estimate of drug-likeness (QED) is 0.729. The van der Waals surface area contributed by atoms with Crippen LogP contribution in [-0.2, 0) is 14.8 Å². The number of sulfonamides is 1. The molecule has 2 aromatic heterocycles. The number of anilines is 1. The number of pyridine rings is 1. The van der Waals surface area contributed by atoms with E-state index in [0.29, 0.717) is 16.8 Å². The van der Waals surface area contributed by atoms with Crippen molar-refractivity contribution in [1.82, 2.24) is 4.98 Å². The number of methoxy groups -OCH3 is 1. The summed E-state index contributed by atoms with van der Waals surface area (Å²) in [7, 11) is -2.83. The Hall–Kier alpha value is -2.87. The van der Waals surface area contributed by atoms with Crippen LogP contribution >= 0.6 is 0 Å². The Kier molecular flexibility index (Phi) is 3.98. The number of nitrogens with zero attached hydrogens (tertiary/aromatic N) is 1. The molecule has 0 saturated heterocycles. The predicted molar refractivity (Wildman–Crippen MR) is 87.3 cm³/mol. The van der Waals surface area contributed by atoms with Gasteiger partial charge in [0.2, 0.25) is 10.9 Å². The van der Waals surface area contributed by atoms with Gasteiger partial charge in [0.15, 0.2) is 0 Å². The van der Waals surface area contributed by atoms with E-state index in [1.165, 1.54) is 19.2 Å². The van der Waals surface area contributed by atoms with Crippen LogP contribution in [0.1, 0.15) is 16.1 Å². The lowest BCUT2D eigenvalue weighted by molar-refractivity contribution is 0.0559. The van der Waals surface area contributed by atoms with Crippen molar-refractivity contribution in [2.75, 3.05) is 11.8 Å². The van der Waals surface area contributed by atoms with E-state index in [9.17, 15) is 13.2 Å². The zero-order chi connectivity index (χ0) is 17.3. The number of benzene rings is 1. The van der Waals surface area contributed by atoms with Gasteiger partial charge < -0.3 is 9.15 Å². The van der Waals surface area contributed by atoms with Gasteiger partial charge in [-0.1, -0.05) is 18.2 Å². The summed E-state index contributed by atoms with van der Waals surface area (Å²) in [6.45, 7) is 1.77. The fourth-order valence-electron chi connectivity index (χ4n) is 2.23. The van der Waals surface area contributed by atoms with E-state index in [2.05, 4.69) is 14.4 Å². The number of rotatable bonds is 4. The molecule has 0 aliphatic heterocycles. The summed E-state index contributed by atoms with van der Waals surface area (Å²) in [6.07, 6.45) is 1.59. The van der Waals surface area contributed by atoms with Crippen molar-refractivity contribution in [1.29, 1.82) is 0 Å². The molecule has 0 atom stereocenters. The van der Waals surface area contributed by atoms with Crippen LogP contribution in [0.4, 0.5) is 5.69 Å². The first-order valence-corrected chi connectivity index (χ1v) is 8.46. The van der Waals surface area contributed by atoms with Crippen LogP contribution in [0.15, 0.2) is 52.1 Å². The van der Waals surface area contributed by atoms with Crippen molar-refractivity contribution in [3.05, 3.63) is 53.9 Å². The van der Waals surface area contributed by atoms with Crippen molar-refractivity contribution in [3.63, 3.8) is 0 Å². The number of furan rings is 1. The number of hydrogen-bond donors (Lipinski definition) is 1. The standard InChI is InChI=1S/C16H14N2O5S/c1-10-5-6-11-4-3-9-17-15(11)14(10)18-24(20,21)13-8-7-12(23-13)16(19)22-2/h3-9,18H,1-2H3. The zero-order valence-electron chi connectivity index (χ0n) is 12.9. The number of hydrogen-bond acceptors (Lipinski definition) is 6. The van der Waals surface area contributed by atoms with Gasteiger partial charge in [0.25, 0.3) is 10.0 Å². The van der Waals surface area contributed by atoms with Crippen LogP contribution < -0.4 is 4.72 Å². The summed E-state index contributed by atoms with van der Waals surface area (Å²) in [4.78, 5) is 15.6. The van der Waals surface area contributed by atoms with Gasteiger partial charge in [0.1, 0.15) is 0 Å². The molecule has 0 amide bonds. The molecule has 0 aliphatic rings. The molecule has 0 aliphatic carbocycles. The van der Waals surface area contributed by atoms with Gasteiger partial charge in [0, 0.05) is 11.6 Å². The third kappa shape index (κ3) is 2.83. The fraction of sp³-hybridized carbons (Fsp3) is 0.125. The second-order valence-electron chi connectivity index (χ2n) is 5.05. The van der Waals surface area contributed by atoms with Crippen LogP contribution in [0.2, 0.25) is 0 Å². The van der Waals surface area contributed by atoms with Gasteiger partial charge >= 0.3 is 5.97 Å². The first kappa shape index (κ1) is 16.0. The molecule has 0 unspecified atom stereocenters. The average molecular weight is 346 g/mol. The molecule has 3 rings (SSSR count). The molecule has 0 spiro atoms. The maximum absolute atomic E-state index is 12.5. The Morgan fingerprint density at radius 3 is 2.75 bits per heavy atom. The van der Waals surface area contributed by atoms with Gasteiger partial charge in [-0.15, -0.1) is 0 Å². The molecule has 3 aromatic rings. The van der Waals surface area contributed by atoms with E-state index in [0.717, 1.165) is 5.39 Å². The van der Waals surface area contributed by atoms with Gasteiger partial charge in [-0.05, 0) is 30.7 Å². The maximum atomic E-state index is 12.5. The Bertz CT molecular complexity index is 1020. The lowest BCUT2D eigenvalue weighted by Crippen LogP contribution is -2.13. The van der Waals surface area contributed by atoms with E-state index in [-0.39, 0.29) is 10.9 Å². The Labute approximate surface area is 138 Å². The molecule has 1 aromatic carbocycles. The summed E-state index contributed by atoms with van der Waals surface area (Å²) >= 11 is 0. The highest BCUT2D eigenvalue weighted by Crippen LogP contribution is 2.28. The number of fused-ring (bicyclic) bond motifs is 1. The molecule has 0 saturated carbocycles. The Morgan fingerprint density at radius 1 is 1.21 bits per heavy atom. The van der Waals surface area contributed by atoms with Gasteiger partial charge in [0.05, 0.1) is 18.3 Å².